The molecule has 0 aliphatic heterocycles. The maximum atomic E-state index is 13.8. The molecule has 4 aromatic rings. The van der Waals surface area contributed by atoms with Crippen LogP contribution in [0.5, 0.6) is 0 Å². The van der Waals surface area contributed by atoms with Crippen LogP contribution in [0.25, 0.3) is 10.8 Å². The SMILES string of the molecule is CCn1nc(C(=O)OC(c2cccc(F)c2)c2ccccn2)c2ccccc2c1=O. The molecule has 0 amide bonds. The fourth-order valence-electron chi connectivity index (χ4n) is 3.26. The molecule has 0 aliphatic rings. The lowest BCUT2D eigenvalue weighted by Crippen LogP contribution is -2.26. The van der Waals surface area contributed by atoms with E-state index in [-0.39, 0.29) is 11.3 Å². The molecular weight excluding hydrogens is 385 g/mol. The second-order valence-electron chi connectivity index (χ2n) is 6.61. The molecule has 1 unspecified atom stereocenters. The van der Waals surface area contributed by atoms with Crippen LogP contribution in [0.2, 0.25) is 0 Å². The average Bonchev–Trinajstić information content (AvgIpc) is 2.78. The largest absolute Gasteiger partial charge is 0.446 e. The van der Waals surface area contributed by atoms with Gasteiger partial charge in [0.2, 0.25) is 0 Å². The van der Waals surface area contributed by atoms with Crippen molar-refractivity contribution in [3.05, 3.63) is 106 Å². The maximum absolute atomic E-state index is 13.8. The van der Waals surface area contributed by atoms with Crippen LogP contribution < -0.4 is 5.56 Å². The molecule has 0 N–H and O–H groups in total. The molecule has 6 nitrogen and oxygen atoms in total. The Morgan fingerprint density at radius 1 is 1.07 bits per heavy atom. The van der Waals surface area contributed by atoms with Gasteiger partial charge in [-0.15, -0.1) is 0 Å². The number of pyridine rings is 1. The van der Waals surface area contributed by atoms with E-state index in [1.54, 1.807) is 67.7 Å². The van der Waals surface area contributed by atoms with Gasteiger partial charge in [0, 0.05) is 23.7 Å². The molecule has 2 aromatic heterocycles. The van der Waals surface area contributed by atoms with Gasteiger partial charge in [0.1, 0.15) is 5.82 Å². The number of carbonyl (C=O) groups is 1. The minimum atomic E-state index is -0.933. The first-order chi connectivity index (χ1) is 14.6. The molecule has 150 valence electrons. The highest BCUT2D eigenvalue weighted by atomic mass is 19.1. The molecule has 1 atom stereocenters. The summed E-state index contributed by atoms with van der Waals surface area (Å²) in [6.45, 7) is 2.07. The van der Waals surface area contributed by atoms with Crippen LogP contribution in [0.15, 0.2) is 77.7 Å². The first-order valence-corrected chi connectivity index (χ1v) is 9.45. The monoisotopic (exact) mass is 403 g/mol. The van der Waals surface area contributed by atoms with Crippen molar-refractivity contribution in [2.24, 2.45) is 0 Å². The molecular formula is C23H18FN3O3. The lowest BCUT2D eigenvalue weighted by molar-refractivity contribution is 0.0362. The smallest absolute Gasteiger partial charge is 0.360 e. The van der Waals surface area contributed by atoms with E-state index >= 15 is 0 Å². The summed E-state index contributed by atoms with van der Waals surface area (Å²) in [5.41, 5.74) is 0.625. The normalized spacial score (nSPS) is 11.9. The number of benzene rings is 2. The summed E-state index contributed by atoms with van der Waals surface area (Å²) in [6, 6.07) is 17.7. The van der Waals surface area contributed by atoms with Crippen LogP contribution in [-0.4, -0.2) is 20.7 Å². The molecule has 0 aliphatic carbocycles. The third-order valence-electron chi connectivity index (χ3n) is 4.69. The van der Waals surface area contributed by atoms with Gasteiger partial charge in [0.05, 0.1) is 11.1 Å². The van der Waals surface area contributed by atoms with E-state index < -0.39 is 17.9 Å². The Labute approximate surface area is 171 Å². The fraction of sp³-hybridized carbons (Fsp3) is 0.130. The molecule has 0 bridgehead atoms. The van der Waals surface area contributed by atoms with Crippen LogP contribution in [0.1, 0.15) is 34.8 Å². The van der Waals surface area contributed by atoms with Crippen LogP contribution >= 0.6 is 0 Å². The van der Waals surface area contributed by atoms with Gasteiger partial charge in [-0.3, -0.25) is 9.78 Å². The van der Waals surface area contributed by atoms with Crippen molar-refractivity contribution < 1.29 is 13.9 Å². The summed E-state index contributed by atoms with van der Waals surface area (Å²) in [6.07, 6.45) is 0.636. The van der Waals surface area contributed by atoms with Gasteiger partial charge in [0.15, 0.2) is 11.8 Å². The zero-order valence-electron chi connectivity index (χ0n) is 16.2. The summed E-state index contributed by atoms with van der Waals surface area (Å²) in [5, 5.41) is 4.99. The number of aromatic nitrogens is 3. The Morgan fingerprint density at radius 2 is 1.83 bits per heavy atom. The number of esters is 1. The zero-order chi connectivity index (χ0) is 21.1. The van der Waals surface area contributed by atoms with Crippen molar-refractivity contribution >= 4 is 16.7 Å². The Kier molecular flexibility index (Phi) is 5.34. The van der Waals surface area contributed by atoms with Gasteiger partial charge in [0.25, 0.3) is 5.56 Å². The van der Waals surface area contributed by atoms with E-state index in [2.05, 4.69) is 10.1 Å². The van der Waals surface area contributed by atoms with Gasteiger partial charge >= 0.3 is 5.97 Å². The zero-order valence-corrected chi connectivity index (χ0v) is 16.2. The number of ether oxygens (including phenoxy) is 1. The minimum absolute atomic E-state index is 0.0179. The van der Waals surface area contributed by atoms with Gasteiger partial charge in [-0.25, -0.2) is 13.9 Å². The Bertz CT molecular complexity index is 1270. The number of nitrogens with zero attached hydrogens (tertiary/aromatic N) is 3. The Hall–Kier alpha value is -3.87. The van der Waals surface area contributed by atoms with E-state index in [9.17, 15) is 14.0 Å². The van der Waals surface area contributed by atoms with Gasteiger partial charge in [-0.1, -0.05) is 36.4 Å². The second-order valence-corrected chi connectivity index (χ2v) is 6.61. The van der Waals surface area contributed by atoms with Gasteiger partial charge < -0.3 is 4.74 Å². The molecule has 2 heterocycles. The molecule has 0 spiro atoms. The standard InChI is InChI=1S/C23H18FN3O3/c1-2-27-22(28)18-11-4-3-10-17(18)20(26-27)23(29)30-21(19-12-5-6-13-25-19)15-8-7-9-16(24)14-15/h3-14,21H,2H2,1H3. The molecule has 0 radical (unpaired) electrons. The lowest BCUT2D eigenvalue weighted by Gasteiger charge is -2.18. The highest BCUT2D eigenvalue weighted by molar-refractivity contribution is 6.02. The number of fused-ring (bicyclic) bond motifs is 1. The van der Waals surface area contributed by atoms with Crippen molar-refractivity contribution in [3.63, 3.8) is 0 Å². The number of halogens is 1. The number of hydrogen-bond acceptors (Lipinski definition) is 5. The molecule has 2 aromatic carbocycles. The van der Waals surface area contributed by atoms with Crippen molar-refractivity contribution in [2.75, 3.05) is 0 Å². The molecule has 4 rings (SSSR count). The summed E-state index contributed by atoms with van der Waals surface area (Å²) in [7, 11) is 0. The van der Waals surface area contributed by atoms with Crippen LogP contribution in [0.3, 0.4) is 0 Å². The first-order valence-electron chi connectivity index (χ1n) is 9.45. The second kappa shape index (κ2) is 8.24. The van der Waals surface area contributed by atoms with Crippen molar-refractivity contribution in [3.8, 4) is 0 Å². The maximum Gasteiger partial charge on any atom is 0.360 e. The number of hydrogen-bond donors (Lipinski definition) is 0. The third-order valence-corrected chi connectivity index (χ3v) is 4.69. The molecule has 30 heavy (non-hydrogen) atoms. The number of carbonyl (C=O) groups excluding carboxylic acids is 1. The average molecular weight is 403 g/mol. The van der Waals surface area contributed by atoms with Crippen molar-refractivity contribution in [2.45, 2.75) is 19.6 Å². The summed E-state index contributed by atoms with van der Waals surface area (Å²) in [4.78, 5) is 30.0. The van der Waals surface area contributed by atoms with Crippen molar-refractivity contribution in [1.29, 1.82) is 0 Å². The summed E-state index contributed by atoms with van der Waals surface area (Å²) >= 11 is 0. The highest BCUT2D eigenvalue weighted by Crippen LogP contribution is 2.27. The van der Waals surface area contributed by atoms with E-state index in [0.29, 0.717) is 28.6 Å². The predicted octanol–water partition coefficient (Wildman–Crippen LogP) is 3.90. The van der Waals surface area contributed by atoms with E-state index in [1.807, 2.05) is 0 Å². The quantitative estimate of drug-likeness (QED) is 0.473. The third kappa shape index (κ3) is 3.69. The Morgan fingerprint density at radius 3 is 2.53 bits per heavy atom. The first kappa shape index (κ1) is 19.4. The number of aryl methyl sites for hydroxylation is 1. The van der Waals surface area contributed by atoms with Crippen LogP contribution in [0, 0.1) is 5.82 Å². The molecule has 0 fully saturated rings. The summed E-state index contributed by atoms with van der Waals surface area (Å²) < 4.78 is 20.8. The topological polar surface area (TPSA) is 74.1 Å². The molecule has 0 saturated carbocycles. The molecule has 7 heteroatoms. The van der Waals surface area contributed by atoms with Gasteiger partial charge in [-0.2, -0.15) is 5.10 Å². The van der Waals surface area contributed by atoms with Crippen LogP contribution in [0.4, 0.5) is 4.39 Å². The Balaban J connectivity index is 1.81. The van der Waals surface area contributed by atoms with Gasteiger partial charge in [-0.05, 0) is 37.3 Å². The minimum Gasteiger partial charge on any atom is -0.446 e. The fourth-order valence-corrected chi connectivity index (χ4v) is 3.26. The van der Waals surface area contributed by atoms with E-state index in [1.165, 1.54) is 16.8 Å². The summed E-state index contributed by atoms with van der Waals surface area (Å²) in [5.74, 6) is -1.18. The highest BCUT2D eigenvalue weighted by Gasteiger charge is 2.25. The predicted molar refractivity (Wildman–Crippen MR) is 110 cm³/mol. The van der Waals surface area contributed by atoms with Crippen molar-refractivity contribution in [1.82, 2.24) is 14.8 Å². The van der Waals surface area contributed by atoms with E-state index in [4.69, 9.17) is 4.74 Å². The van der Waals surface area contributed by atoms with Crippen LogP contribution in [-0.2, 0) is 11.3 Å². The number of rotatable bonds is 5. The lowest BCUT2D eigenvalue weighted by atomic mass is 10.1. The van der Waals surface area contributed by atoms with E-state index in [0.717, 1.165) is 0 Å². The molecule has 0 saturated heterocycles.